The molecule has 0 bridgehead atoms. The Balaban J connectivity index is 1.74. The Morgan fingerprint density at radius 3 is 1.18 bits per heavy atom. The number of hydrogen-bond acceptors (Lipinski definition) is 3. The Morgan fingerprint density at radius 2 is 0.824 bits per heavy atom. The highest BCUT2D eigenvalue weighted by atomic mass is 32.2. The van der Waals surface area contributed by atoms with E-state index in [0.29, 0.717) is 0 Å². The predicted octanol–water partition coefficient (Wildman–Crippen LogP) is 9.99. The summed E-state index contributed by atoms with van der Waals surface area (Å²) < 4.78 is 29.2. The molecule has 0 spiro atoms. The molecule has 0 aromatic heterocycles. The predicted molar refractivity (Wildman–Crippen MR) is 147 cm³/mol. The molecule has 198 valence electrons. The first kappa shape index (κ1) is 31.2. The minimum absolute atomic E-state index is 0.244. The zero-order chi connectivity index (χ0) is 24.6. The molecule has 34 heavy (non-hydrogen) atoms. The number of rotatable bonds is 25. The third-order valence-corrected chi connectivity index (χ3v) is 8.09. The molecule has 0 aliphatic heterocycles. The first-order chi connectivity index (χ1) is 16.7. The van der Waals surface area contributed by atoms with Crippen molar-refractivity contribution >= 4 is 10.1 Å². The fraction of sp³-hybridized carbons (Fsp3) is 0.800. The summed E-state index contributed by atoms with van der Waals surface area (Å²) >= 11 is 0. The SMILES string of the molecule is CCCCCCCCCCCCCCCCCCCCCCCCOS(=O)(=O)c1ccccc1. The van der Waals surface area contributed by atoms with Gasteiger partial charge >= 0.3 is 0 Å². The van der Waals surface area contributed by atoms with Gasteiger partial charge in [-0.2, -0.15) is 8.42 Å². The van der Waals surface area contributed by atoms with Crippen LogP contribution in [0.25, 0.3) is 0 Å². The van der Waals surface area contributed by atoms with Crippen molar-refractivity contribution in [3.63, 3.8) is 0 Å². The van der Waals surface area contributed by atoms with E-state index in [1.54, 1.807) is 30.3 Å². The molecule has 4 heteroatoms. The molecule has 0 heterocycles. The minimum atomic E-state index is -3.59. The normalized spacial score (nSPS) is 11.8. The molecule has 1 aromatic rings. The van der Waals surface area contributed by atoms with Gasteiger partial charge in [0.1, 0.15) is 0 Å². The molecule has 0 radical (unpaired) electrons. The van der Waals surface area contributed by atoms with Crippen LogP contribution in [0, 0.1) is 0 Å². The van der Waals surface area contributed by atoms with Gasteiger partial charge in [0.15, 0.2) is 0 Å². The first-order valence-electron chi connectivity index (χ1n) is 14.6. The lowest BCUT2D eigenvalue weighted by Gasteiger charge is -2.06. The van der Waals surface area contributed by atoms with Crippen molar-refractivity contribution < 1.29 is 12.6 Å². The molecule has 1 rings (SSSR count). The van der Waals surface area contributed by atoms with Gasteiger partial charge in [-0.15, -0.1) is 0 Å². The highest BCUT2D eigenvalue weighted by molar-refractivity contribution is 7.86. The van der Waals surface area contributed by atoms with Gasteiger partial charge in [0.25, 0.3) is 10.1 Å². The molecule has 0 N–H and O–H groups in total. The number of hydrogen-bond donors (Lipinski definition) is 0. The molecule has 0 aliphatic rings. The Kier molecular flexibility index (Phi) is 20.7. The Morgan fingerprint density at radius 1 is 0.500 bits per heavy atom. The molecule has 0 fully saturated rings. The lowest BCUT2D eigenvalue weighted by molar-refractivity contribution is 0.306. The second-order valence-corrected chi connectivity index (χ2v) is 11.6. The summed E-state index contributed by atoms with van der Waals surface area (Å²) in [6.07, 6.45) is 29.8. The maximum absolute atomic E-state index is 12.0. The van der Waals surface area contributed by atoms with E-state index in [-0.39, 0.29) is 11.5 Å². The second kappa shape index (κ2) is 22.6. The average Bonchev–Trinajstić information content (AvgIpc) is 2.85. The Bertz CT molecular complexity index is 642. The van der Waals surface area contributed by atoms with Gasteiger partial charge in [-0.25, -0.2) is 0 Å². The molecule has 3 nitrogen and oxygen atoms in total. The van der Waals surface area contributed by atoms with Gasteiger partial charge < -0.3 is 0 Å². The topological polar surface area (TPSA) is 43.4 Å². The van der Waals surface area contributed by atoms with Crippen molar-refractivity contribution in [3.8, 4) is 0 Å². The number of unbranched alkanes of at least 4 members (excludes halogenated alkanes) is 21. The van der Waals surface area contributed by atoms with E-state index in [4.69, 9.17) is 4.18 Å². The van der Waals surface area contributed by atoms with Crippen molar-refractivity contribution in [3.05, 3.63) is 30.3 Å². The van der Waals surface area contributed by atoms with E-state index in [9.17, 15) is 8.42 Å². The van der Waals surface area contributed by atoms with E-state index in [1.807, 2.05) is 0 Å². The van der Waals surface area contributed by atoms with E-state index in [1.165, 1.54) is 128 Å². The van der Waals surface area contributed by atoms with E-state index in [0.717, 1.165) is 12.8 Å². The summed E-state index contributed by atoms with van der Waals surface area (Å²) in [6, 6.07) is 8.40. The molecule has 1 aromatic carbocycles. The van der Waals surface area contributed by atoms with Crippen LogP contribution in [0.3, 0.4) is 0 Å². The standard InChI is InChI=1S/C30H54O3S/c1-2-3-4-5-6-7-8-9-10-11-12-13-14-15-16-17-18-19-20-21-22-26-29-33-34(31,32)30-27-24-23-25-28-30/h23-25,27-28H,2-22,26,29H2,1H3. The summed E-state index contributed by atoms with van der Waals surface area (Å²) in [5.74, 6) is 0. The zero-order valence-corrected chi connectivity index (χ0v) is 23.1. The lowest BCUT2D eigenvalue weighted by Crippen LogP contribution is -2.07. The van der Waals surface area contributed by atoms with Gasteiger partial charge in [0, 0.05) is 0 Å². The molecule has 0 amide bonds. The molecule has 0 aliphatic carbocycles. The van der Waals surface area contributed by atoms with E-state index in [2.05, 4.69) is 6.92 Å². The lowest BCUT2D eigenvalue weighted by atomic mass is 10.0. The summed E-state index contributed by atoms with van der Waals surface area (Å²) in [6.45, 7) is 2.58. The highest BCUT2D eigenvalue weighted by Gasteiger charge is 2.13. The van der Waals surface area contributed by atoms with Crippen LogP contribution in [0.1, 0.15) is 148 Å². The van der Waals surface area contributed by atoms with Crippen molar-refractivity contribution in [1.82, 2.24) is 0 Å². The van der Waals surface area contributed by atoms with Gasteiger partial charge in [0.2, 0.25) is 0 Å². The first-order valence-corrected chi connectivity index (χ1v) is 16.0. The van der Waals surface area contributed by atoms with Gasteiger partial charge in [-0.3, -0.25) is 4.18 Å². The van der Waals surface area contributed by atoms with Crippen LogP contribution in [-0.2, 0) is 14.3 Å². The molecule has 0 atom stereocenters. The highest BCUT2D eigenvalue weighted by Crippen LogP contribution is 2.16. The summed E-state index contributed by atoms with van der Waals surface area (Å²) in [5.41, 5.74) is 0. The third-order valence-electron chi connectivity index (χ3n) is 6.77. The fourth-order valence-electron chi connectivity index (χ4n) is 4.53. The van der Waals surface area contributed by atoms with Crippen LogP contribution < -0.4 is 0 Å². The fourth-order valence-corrected chi connectivity index (χ4v) is 5.50. The third kappa shape index (κ3) is 18.5. The molecule has 0 saturated heterocycles. The zero-order valence-electron chi connectivity index (χ0n) is 22.3. The smallest absolute Gasteiger partial charge is 0.266 e. The summed E-state index contributed by atoms with van der Waals surface area (Å²) in [5, 5.41) is 0. The minimum Gasteiger partial charge on any atom is -0.266 e. The number of benzene rings is 1. The quantitative estimate of drug-likeness (QED) is 0.100. The van der Waals surface area contributed by atoms with Crippen molar-refractivity contribution in [2.45, 2.75) is 153 Å². The molecular weight excluding hydrogens is 440 g/mol. The van der Waals surface area contributed by atoms with E-state index < -0.39 is 10.1 Å². The Labute approximate surface area is 212 Å². The van der Waals surface area contributed by atoms with Gasteiger partial charge in [-0.1, -0.05) is 160 Å². The van der Waals surface area contributed by atoms with Gasteiger partial charge in [-0.05, 0) is 18.6 Å². The summed E-state index contributed by atoms with van der Waals surface area (Å²) in [4.78, 5) is 0.244. The van der Waals surface area contributed by atoms with Crippen LogP contribution in [0.4, 0.5) is 0 Å². The van der Waals surface area contributed by atoms with Crippen LogP contribution in [0.5, 0.6) is 0 Å². The van der Waals surface area contributed by atoms with Crippen molar-refractivity contribution in [1.29, 1.82) is 0 Å². The average molecular weight is 495 g/mol. The van der Waals surface area contributed by atoms with Crippen LogP contribution in [0.15, 0.2) is 35.2 Å². The molecular formula is C30H54O3S. The largest absolute Gasteiger partial charge is 0.296 e. The molecule has 0 saturated carbocycles. The maximum Gasteiger partial charge on any atom is 0.296 e. The van der Waals surface area contributed by atoms with E-state index >= 15 is 0 Å². The van der Waals surface area contributed by atoms with Gasteiger partial charge in [0.05, 0.1) is 11.5 Å². The maximum atomic E-state index is 12.0. The van der Waals surface area contributed by atoms with Crippen LogP contribution >= 0.6 is 0 Å². The van der Waals surface area contributed by atoms with Crippen LogP contribution in [-0.4, -0.2) is 15.0 Å². The monoisotopic (exact) mass is 494 g/mol. The summed E-state index contributed by atoms with van der Waals surface area (Å²) in [7, 11) is -3.59. The molecule has 0 unspecified atom stereocenters. The second-order valence-electron chi connectivity index (χ2n) is 10.0. The van der Waals surface area contributed by atoms with Crippen molar-refractivity contribution in [2.75, 3.05) is 6.61 Å². The van der Waals surface area contributed by atoms with Crippen LogP contribution in [0.2, 0.25) is 0 Å². The van der Waals surface area contributed by atoms with Crippen molar-refractivity contribution in [2.24, 2.45) is 0 Å². The Hall–Kier alpha value is -0.870.